The van der Waals surface area contributed by atoms with Crippen LogP contribution < -0.4 is 5.73 Å². The summed E-state index contributed by atoms with van der Waals surface area (Å²) in [6.07, 6.45) is 2.80. The van der Waals surface area contributed by atoms with Crippen molar-refractivity contribution in [1.82, 2.24) is 4.90 Å². The number of nitriles is 1. The van der Waals surface area contributed by atoms with Gasteiger partial charge in [0.1, 0.15) is 0 Å². The fourth-order valence-electron chi connectivity index (χ4n) is 2.07. The molecule has 16 heavy (non-hydrogen) atoms. The Balaban J connectivity index is 2.21. The molecule has 4 nitrogen and oxygen atoms in total. The van der Waals surface area contributed by atoms with Gasteiger partial charge in [-0.1, -0.05) is 0 Å². The fourth-order valence-corrected chi connectivity index (χ4v) is 2.07. The Morgan fingerprint density at radius 3 is 2.81 bits per heavy atom. The van der Waals surface area contributed by atoms with E-state index in [9.17, 15) is 4.79 Å². The molecule has 1 unspecified atom stereocenters. The fraction of sp³-hybridized carbons (Fsp3) is 0.833. The Kier molecular flexibility index (Phi) is 4.31. The first kappa shape index (κ1) is 13.0. The van der Waals surface area contributed by atoms with Crippen LogP contribution in [0.15, 0.2) is 0 Å². The van der Waals surface area contributed by atoms with Gasteiger partial charge in [-0.05, 0) is 46.2 Å². The highest BCUT2D eigenvalue weighted by Crippen LogP contribution is 2.22. The average molecular weight is 223 g/mol. The molecule has 0 saturated carbocycles. The number of nitrogens with zero attached hydrogens (tertiary/aromatic N) is 2. The Morgan fingerprint density at radius 1 is 1.62 bits per heavy atom. The van der Waals surface area contributed by atoms with Crippen molar-refractivity contribution in [2.75, 3.05) is 19.6 Å². The molecule has 0 radical (unpaired) electrons. The van der Waals surface area contributed by atoms with Crippen molar-refractivity contribution < 1.29 is 4.79 Å². The first-order chi connectivity index (χ1) is 7.44. The van der Waals surface area contributed by atoms with Crippen LogP contribution in [0.25, 0.3) is 0 Å². The number of primary amides is 1. The summed E-state index contributed by atoms with van der Waals surface area (Å²) < 4.78 is 0. The molecule has 0 aliphatic carbocycles. The van der Waals surface area contributed by atoms with Crippen LogP contribution in [0.4, 0.5) is 0 Å². The monoisotopic (exact) mass is 223 g/mol. The molecule has 1 atom stereocenters. The van der Waals surface area contributed by atoms with E-state index >= 15 is 0 Å². The van der Waals surface area contributed by atoms with E-state index in [0.29, 0.717) is 0 Å². The summed E-state index contributed by atoms with van der Waals surface area (Å²) in [5, 5.41) is 8.88. The van der Waals surface area contributed by atoms with E-state index < -0.39 is 0 Å². The van der Waals surface area contributed by atoms with Crippen LogP contribution in [0.5, 0.6) is 0 Å². The lowest BCUT2D eigenvalue weighted by atomic mass is 9.90. The first-order valence-electron chi connectivity index (χ1n) is 5.87. The summed E-state index contributed by atoms with van der Waals surface area (Å²) in [6.45, 7) is 6.64. The number of nitrogens with two attached hydrogens (primary N) is 1. The van der Waals surface area contributed by atoms with Crippen LogP contribution in [0.2, 0.25) is 0 Å². The molecular formula is C12H21N3O. The van der Waals surface area contributed by atoms with Crippen molar-refractivity contribution in [3.63, 3.8) is 0 Å². The zero-order valence-corrected chi connectivity index (χ0v) is 10.2. The van der Waals surface area contributed by atoms with E-state index in [0.717, 1.165) is 38.9 Å². The predicted octanol–water partition coefficient (Wildman–Crippen LogP) is 1.12. The maximum atomic E-state index is 11.0. The molecule has 1 aliphatic rings. The van der Waals surface area contributed by atoms with Gasteiger partial charge in [-0.15, -0.1) is 0 Å². The van der Waals surface area contributed by atoms with Crippen molar-refractivity contribution in [3.8, 4) is 6.07 Å². The van der Waals surface area contributed by atoms with Gasteiger partial charge in [-0.3, -0.25) is 4.79 Å². The predicted molar refractivity (Wildman–Crippen MR) is 62.4 cm³/mol. The molecule has 1 aliphatic heterocycles. The Hall–Kier alpha value is -1.08. The molecule has 0 aromatic rings. The van der Waals surface area contributed by atoms with Crippen molar-refractivity contribution in [3.05, 3.63) is 0 Å². The van der Waals surface area contributed by atoms with Crippen LogP contribution in [0, 0.1) is 22.7 Å². The van der Waals surface area contributed by atoms with E-state index in [1.54, 1.807) is 0 Å². The largest absolute Gasteiger partial charge is 0.369 e. The normalized spacial score (nSPS) is 21.9. The standard InChI is InChI=1S/C12H21N3O/c1-12(2,9-13)5-3-6-15-7-4-10(8-15)11(14)16/h10H,3-8H2,1-2H3,(H2,14,16). The number of rotatable bonds is 5. The lowest BCUT2D eigenvalue weighted by Gasteiger charge is -2.19. The number of carbonyl (C=O) groups excluding carboxylic acids is 1. The zero-order valence-electron chi connectivity index (χ0n) is 10.2. The summed E-state index contributed by atoms with van der Waals surface area (Å²) in [6, 6.07) is 2.30. The topological polar surface area (TPSA) is 70.1 Å². The summed E-state index contributed by atoms with van der Waals surface area (Å²) in [7, 11) is 0. The Labute approximate surface area is 97.4 Å². The maximum Gasteiger partial charge on any atom is 0.221 e. The highest BCUT2D eigenvalue weighted by molar-refractivity contribution is 5.77. The summed E-state index contributed by atoms with van der Waals surface area (Å²) >= 11 is 0. The van der Waals surface area contributed by atoms with Gasteiger partial charge in [-0.2, -0.15) is 5.26 Å². The molecule has 2 N–H and O–H groups in total. The van der Waals surface area contributed by atoms with Gasteiger partial charge in [0.25, 0.3) is 0 Å². The molecule has 4 heteroatoms. The average Bonchev–Trinajstić information content (AvgIpc) is 2.66. The SMILES string of the molecule is CC(C)(C#N)CCCN1CCC(C(N)=O)C1. The maximum absolute atomic E-state index is 11.0. The summed E-state index contributed by atoms with van der Waals surface area (Å²) in [5.41, 5.74) is 5.04. The molecule has 1 rings (SSSR count). The van der Waals surface area contributed by atoms with Crippen LogP contribution in [-0.2, 0) is 4.79 Å². The quantitative estimate of drug-likeness (QED) is 0.759. The minimum absolute atomic E-state index is 0.0315. The van der Waals surface area contributed by atoms with E-state index in [2.05, 4.69) is 11.0 Å². The molecule has 0 aromatic heterocycles. The Bertz CT molecular complexity index is 293. The van der Waals surface area contributed by atoms with Gasteiger partial charge in [0.05, 0.1) is 17.4 Å². The van der Waals surface area contributed by atoms with E-state index in [1.807, 2.05) is 13.8 Å². The molecule has 0 bridgehead atoms. The second-order valence-electron chi connectivity index (χ2n) is 5.29. The van der Waals surface area contributed by atoms with Crippen molar-refractivity contribution >= 4 is 5.91 Å². The third-order valence-corrected chi connectivity index (χ3v) is 3.25. The molecule has 1 saturated heterocycles. The van der Waals surface area contributed by atoms with Gasteiger partial charge >= 0.3 is 0 Å². The number of carbonyl (C=O) groups is 1. The third-order valence-electron chi connectivity index (χ3n) is 3.25. The second kappa shape index (κ2) is 5.31. The molecule has 1 fully saturated rings. The molecular weight excluding hydrogens is 202 g/mol. The van der Waals surface area contributed by atoms with Gasteiger partial charge in [0, 0.05) is 6.54 Å². The molecule has 0 aromatic carbocycles. The van der Waals surface area contributed by atoms with Crippen LogP contribution in [0.1, 0.15) is 33.1 Å². The van der Waals surface area contributed by atoms with Crippen molar-refractivity contribution in [2.24, 2.45) is 17.1 Å². The van der Waals surface area contributed by atoms with Crippen molar-refractivity contribution in [1.29, 1.82) is 5.26 Å². The highest BCUT2D eigenvalue weighted by atomic mass is 16.1. The number of likely N-dealkylation sites (tertiary alicyclic amines) is 1. The first-order valence-corrected chi connectivity index (χ1v) is 5.87. The van der Waals surface area contributed by atoms with Crippen molar-refractivity contribution in [2.45, 2.75) is 33.1 Å². The summed E-state index contributed by atoms with van der Waals surface area (Å²) in [4.78, 5) is 13.2. The van der Waals surface area contributed by atoms with Gasteiger partial charge in [0.15, 0.2) is 0 Å². The Morgan fingerprint density at radius 2 is 2.31 bits per heavy atom. The zero-order chi connectivity index (χ0) is 12.2. The van der Waals surface area contributed by atoms with E-state index in [4.69, 9.17) is 11.0 Å². The molecule has 1 heterocycles. The molecule has 90 valence electrons. The minimum Gasteiger partial charge on any atom is -0.369 e. The van der Waals surface area contributed by atoms with Crippen LogP contribution in [-0.4, -0.2) is 30.4 Å². The number of hydrogen-bond donors (Lipinski definition) is 1. The lowest BCUT2D eigenvalue weighted by Crippen LogP contribution is -2.28. The highest BCUT2D eigenvalue weighted by Gasteiger charge is 2.26. The smallest absolute Gasteiger partial charge is 0.221 e. The number of hydrogen-bond acceptors (Lipinski definition) is 3. The van der Waals surface area contributed by atoms with Crippen LogP contribution >= 0.6 is 0 Å². The molecule has 0 spiro atoms. The second-order valence-corrected chi connectivity index (χ2v) is 5.29. The van der Waals surface area contributed by atoms with Gasteiger partial charge in [-0.25, -0.2) is 0 Å². The minimum atomic E-state index is -0.233. The van der Waals surface area contributed by atoms with E-state index in [1.165, 1.54) is 0 Å². The number of amides is 1. The van der Waals surface area contributed by atoms with Gasteiger partial charge in [0.2, 0.25) is 5.91 Å². The van der Waals surface area contributed by atoms with E-state index in [-0.39, 0.29) is 17.2 Å². The summed E-state index contributed by atoms with van der Waals surface area (Å²) in [5.74, 6) is -0.149. The third kappa shape index (κ3) is 3.82. The van der Waals surface area contributed by atoms with Crippen LogP contribution in [0.3, 0.4) is 0 Å². The van der Waals surface area contributed by atoms with Gasteiger partial charge < -0.3 is 10.6 Å². The molecule has 1 amide bonds. The lowest BCUT2D eigenvalue weighted by molar-refractivity contribution is -0.121.